The van der Waals surface area contributed by atoms with Crippen molar-refractivity contribution in [3.8, 4) is 0 Å². The highest BCUT2D eigenvalue weighted by Crippen LogP contribution is 2.12. The lowest BCUT2D eigenvalue weighted by atomic mass is 10.2. The first-order valence-corrected chi connectivity index (χ1v) is 6.76. The Balaban J connectivity index is 2.53. The minimum atomic E-state index is -0.944. The summed E-state index contributed by atoms with van der Waals surface area (Å²) in [6.45, 7) is 2.73. The van der Waals surface area contributed by atoms with E-state index >= 15 is 0 Å². The molecule has 0 aromatic heterocycles. The van der Waals surface area contributed by atoms with Crippen LogP contribution in [0.25, 0.3) is 0 Å². The molecule has 0 aliphatic carbocycles. The van der Waals surface area contributed by atoms with E-state index < -0.39 is 11.9 Å². The lowest BCUT2D eigenvalue weighted by molar-refractivity contribution is -0.145. The Hall–Kier alpha value is -1.83. The van der Waals surface area contributed by atoms with Crippen molar-refractivity contribution in [2.45, 2.75) is 19.4 Å². The van der Waals surface area contributed by atoms with E-state index in [-0.39, 0.29) is 31.1 Å². The van der Waals surface area contributed by atoms with Crippen molar-refractivity contribution in [3.05, 3.63) is 0 Å². The molecule has 0 bridgehead atoms. The maximum atomic E-state index is 12.2. The molecule has 0 aromatic carbocycles. The van der Waals surface area contributed by atoms with E-state index in [4.69, 9.17) is 9.84 Å². The standard InChI is InChI=1S/C13H22N2O6/c1-9(12(17)18)7-14(2)13(19)15-4-5-21-10(8-15)6-11(16)20-3/h9-10H,4-8H2,1-3H3,(H,17,18). The second-order valence-corrected chi connectivity index (χ2v) is 5.12. The van der Waals surface area contributed by atoms with Gasteiger partial charge in [0.1, 0.15) is 0 Å². The zero-order chi connectivity index (χ0) is 16.0. The van der Waals surface area contributed by atoms with E-state index in [9.17, 15) is 14.4 Å². The summed E-state index contributed by atoms with van der Waals surface area (Å²) in [6, 6.07) is -0.263. The molecule has 2 atom stereocenters. The molecule has 1 saturated heterocycles. The summed E-state index contributed by atoms with van der Waals surface area (Å²) in [6.07, 6.45) is -0.296. The van der Waals surface area contributed by atoms with Gasteiger partial charge in [-0.3, -0.25) is 9.59 Å². The second kappa shape index (κ2) is 7.82. The summed E-state index contributed by atoms with van der Waals surface area (Å²) in [5.41, 5.74) is 0. The number of morpholine rings is 1. The molecule has 0 saturated carbocycles. The third-order valence-electron chi connectivity index (χ3n) is 3.33. The number of methoxy groups -OCH3 is 1. The van der Waals surface area contributed by atoms with Gasteiger partial charge < -0.3 is 24.4 Å². The summed E-state index contributed by atoms with van der Waals surface area (Å²) >= 11 is 0. The van der Waals surface area contributed by atoms with Gasteiger partial charge in [0, 0.05) is 26.7 Å². The Morgan fingerprint density at radius 2 is 2.14 bits per heavy atom. The number of urea groups is 1. The largest absolute Gasteiger partial charge is 0.481 e. The number of rotatable bonds is 5. The van der Waals surface area contributed by atoms with Crippen molar-refractivity contribution in [2.24, 2.45) is 5.92 Å². The highest BCUT2D eigenvalue weighted by molar-refractivity contribution is 5.76. The van der Waals surface area contributed by atoms with Crippen LogP contribution in [-0.4, -0.2) is 79.4 Å². The summed E-state index contributed by atoms with van der Waals surface area (Å²) in [7, 11) is 2.86. The number of carbonyl (C=O) groups is 3. The van der Waals surface area contributed by atoms with Crippen LogP contribution in [0.4, 0.5) is 4.79 Å². The third-order valence-corrected chi connectivity index (χ3v) is 3.33. The number of hydrogen-bond donors (Lipinski definition) is 1. The van der Waals surface area contributed by atoms with Crippen LogP contribution >= 0.6 is 0 Å². The van der Waals surface area contributed by atoms with Gasteiger partial charge >= 0.3 is 18.0 Å². The van der Waals surface area contributed by atoms with E-state index in [2.05, 4.69) is 4.74 Å². The third kappa shape index (κ3) is 5.22. The monoisotopic (exact) mass is 302 g/mol. The molecule has 2 unspecified atom stereocenters. The van der Waals surface area contributed by atoms with Crippen LogP contribution in [0.3, 0.4) is 0 Å². The van der Waals surface area contributed by atoms with Gasteiger partial charge in [0.25, 0.3) is 0 Å². The maximum absolute atomic E-state index is 12.2. The number of carbonyl (C=O) groups excluding carboxylic acids is 2. The Morgan fingerprint density at radius 1 is 1.48 bits per heavy atom. The smallest absolute Gasteiger partial charge is 0.319 e. The predicted molar refractivity (Wildman–Crippen MR) is 72.8 cm³/mol. The lowest BCUT2D eigenvalue weighted by Crippen LogP contribution is -2.51. The van der Waals surface area contributed by atoms with Crippen molar-refractivity contribution >= 4 is 18.0 Å². The van der Waals surface area contributed by atoms with Gasteiger partial charge in [-0.1, -0.05) is 6.92 Å². The zero-order valence-electron chi connectivity index (χ0n) is 12.6. The van der Waals surface area contributed by atoms with Crippen LogP contribution < -0.4 is 0 Å². The maximum Gasteiger partial charge on any atom is 0.319 e. The summed E-state index contributed by atoms with van der Waals surface area (Å²) in [4.78, 5) is 37.2. The molecule has 8 nitrogen and oxygen atoms in total. The molecule has 1 heterocycles. The van der Waals surface area contributed by atoms with Gasteiger partial charge in [-0.05, 0) is 0 Å². The molecular weight excluding hydrogens is 280 g/mol. The normalized spacial score (nSPS) is 19.8. The van der Waals surface area contributed by atoms with Gasteiger partial charge in [-0.25, -0.2) is 4.79 Å². The fourth-order valence-corrected chi connectivity index (χ4v) is 2.09. The van der Waals surface area contributed by atoms with Crippen molar-refractivity contribution in [2.75, 3.05) is 40.4 Å². The molecule has 8 heteroatoms. The SMILES string of the molecule is COC(=O)CC1CN(C(=O)N(C)CC(C)C(=O)O)CCO1. The summed E-state index contributed by atoms with van der Waals surface area (Å²) in [5, 5.41) is 8.87. The van der Waals surface area contributed by atoms with E-state index in [1.807, 2.05) is 0 Å². The van der Waals surface area contributed by atoms with Crippen LogP contribution in [0, 0.1) is 5.92 Å². The van der Waals surface area contributed by atoms with Crippen LogP contribution in [0.5, 0.6) is 0 Å². The quantitative estimate of drug-likeness (QED) is 0.719. The van der Waals surface area contributed by atoms with Crippen LogP contribution in [0.2, 0.25) is 0 Å². The number of esters is 1. The second-order valence-electron chi connectivity index (χ2n) is 5.12. The Morgan fingerprint density at radius 3 is 2.71 bits per heavy atom. The van der Waals surface area contributed by atoms with Gasteiger partial charge in [0.05, 0.1) is 32.2 Å². The van der Waals surface area contributed by atoms with E-state index in [1.165, 1.54) is 12.0 Å². The minimum Gasteiger partial charge on any atom is -0.481 e. The number of hydrogen-bond acceptors (Lipinski definition) is 5. The first kappa shape index (κ1) is 17.2. The average Bonchev–Trinajstić information content (AvgIpc) is 2.46. The Kier molecular flexibility index (Phi) is 6.41. The molecule has 1 aliphatic rings. The highest BCUT2D eigenvalue weighted by Gasteiger charge is 2.29. The van der Waals surface area contributed by atoms with Gasteiger partial charge in [0.2, 0.25) is 0 Å². The number of carboxylic acid groups (broad SMARTS) is 1. The molecule has 0 spiro atoms. The molecule has 21 heavy (non-hydrogen) atoms. The average molecular weight is 302 g/mol. The van der Waals surface area contributed by atoms with Crippen LogP contribution in [-0.2, 0) is 19.1 Å². The molecule has 1 rings (SSSR count). The lowest BCUT2D eigenvalue weighted by Gasteiger charge is -2.35. The first-order chi connectivity index (χ1) is 9.85. The Bertz CT molecular complexity index is 400. The topological polar surface area (TPSA) is 96.4 Å². The van der Waals surface area contributed by atoms with Crippen LogP contribution in [0.1, 0.15) is 13.3 Å². The molecule has 0 aromatic rings. The Labute approximate surface area is 123 Å². The van der Waals surface area contributed by atoms with Crippen molar-refractivity contribution in [1.29, 1.82) is 0 Å². The number of carboxylic acids is 1. The number of amides is 2. The van der Waals surface area contributed by atoms with E-state index in [0.29, 0.717) is 19.7 Å². The molecule has 0 radical (unpaired) electrons. The predicted octanol–water partition coefficient (Wildman–Crippen LogP) is 0.0228. The molecular formula is C13H22N2O6. The molecule has 2 amide bonds. The van der Waals surface area contributed by atoms with Crippen molar-refractivity contribution in [3.63, 3.8) is 0 Å². The summed E-state index contributed by atoms with van der Waals surface area (Å²) < 4.78 is 10.00. The zero-order valence-corrected chi connectivity index (χ0v) is 12.6. The van der Waals surface area contributed by atoms with Gasteiger partial charge in [-0.15, -0.1) is 0 Å². The molecule has 1 N–H and O–H groups in total. The fraction of sp³-hybridized carbons (Fsp3) is 0.769. The highest BCUT2D eigenvalue weighted by atomic mass is 16.5. The number of ether oxygens (including phenoxy) is 2. The van der Waals surface area contributed by atoms with Crippen molar-refractivity contribution in [1.82, 2.24) is 9.80 Å². The van der Waals surface area contributed by atoms with Gasteiger partial charge in [0.15, 0.2) is 0 Å². The van der Waals surface area contributed by atoms with Crippen LogP contribution in [0.15, 0.2) is 0 Å². The fourth-order valence-electron chi connectivity index (χ4n) is 2.09. The van der Waals surface area contributed by atoms with E-state index in [0.717, 1.165) is 0 Å². The number of nitrogens with zero attached hydrogens (tertiary/aromatic N) is 2. The van der Waals surface area contributed by atoms with E-state index in [1.54, 1.807) is 18.9 Å². The first-order valence-electron chi connectivity index (χ1n) is 6.76. The minimum absolute atomic E-state index is 0.0928. The molecule has 120 valence electrons. The van der Waals surface area contributed by atoms with Gasteiger partial charge in [-0.2, -0.15) is 0 Å². The van der Waals surface area contributed by atoms with Crippen molar-refractivity contribution < 1.29 is 29.0 Å². The molecule has 1 aliphatic heterocycles. The molecule has 1 fully saturated rings. The summed E-state index contributed by atoms with van der Waals surface area (Å²) in [5.74, 6) is -1.96. The number of aliphatic carboxylic acids is 1.